The molecular weight excluding hydrogens is 728 g/mol. The number of carboxylic acids is 2. The first-order valence-corrected chi connectivity index (χ1v) is 17.7. The number of hydrogen-bond donors (Lipinski definition) is 13. The molecule has 0 spiro atoms. The lowest BCUT2D eigenvalue weighted by Crippen LogP contribution is -2.59. The maximum absolute atomic E-state index is 13.4. The topological polar surface area (TPSA) is 409 Å². The van der Waals surface area contributed by atoms with Gasteiger partial charge in [0.05, 0.1) is 12.5 Å². The van der Waals surface area contributed by atoms with Crippen LogP contribution < -0.4 is 60.6 Å². The summed E-state index contributed by atoms with van der Waals surface area (Å²) in [6, 6.07) is -8.08. The van der Waals surface area contributed by atoms with Crippen molar-refractivity contribution >= 4 is 59.2 Å². The van der Waals surface area contributed by atoms with E-state index in [0.29, 0.717) is 12.8 Å². The summed E-state index contributed by atoms with van der Waals surface area (Å²) in [5.41, 5.74) is 27.1. The van der Waals surface area contributed by atoms with E-state index in [2.05, 4.69) is 36.9 Å². The highest BCUT2D eigenvalue weighted by Crippen LogP contribution is 2.09. The van der Waals surface area contributed by atoms with E-state index < -0.39 is 103 Å². The number of carboxylic acid groups (broad SMARTS) is 2. The Balaban J connectivity index is 5.93. The second-order valence-corrected chi connectivity index (χ2v) is 13.2. The molecule has 0 saturated heterocycles. The molecule has 6 atom stereocenters. The lowest BCUT2D eigenvalue weighted by atomic mass is 10.0. The highest BCUT2D eigenvalue weighted by atomic mass is 16.4. The minimum atomic E-state index is -1.73. The Morgan fingerprint density at radius 1 is 0.618 bits per heavy atom. The minimum absolute atomic E-state index is 0.000875. The Hall–Kier alpha value is -5.58. The molecule has 0 aliphatic heterocycles. The van der Waals surface area contributed by atoms with Gasteiger partial charge in [0.25, 0.3) is 0 Å². The average molecular weight is 787 g/mol. The van der Waals surface area contributed by atoms with Gasteiger partial charge in [0.1, 0.15) is 36.8 Å². The quantitative estimate of drug-likeness (QED) is 0.0200. The van der Waals surface area contributed by atoms with Gasteiger partial charge in [-0.05, 0) is 64.3 Å². The molecule has 23 heteroatoms. The Labute approximate surface area is 318 Å². The van der Waals surface area contributed by atoms with Gasteiger partial charge in [0.2, 0.25) is 41.4 Å². The van der Waals surface area contributed by atoms with E-state index in [4.69, 9.17) is 33.8 Å². The zero-order valence-corrected chi connectivity index (χ0v) is 31.4. The number of carbonyl (C=O) groups is 9. The van der Waals surface area contributed by atoms with Gasteiger partial charge in [0.15, 0.2) is 5.96 Å². The van der Waals surface area contributed by atoms with Crippen LogP contribution in [0, 0.1) is 5.92 Å². The molecule has 18 N–H and O–H groups in total. The summed E-state index contributed by atoms with van der Waals surface area (Å²) in [6.45, 7) is 4.40. The van der Waals surface area contributed by atoms with Crippen molar-refractivity contribution in [1.29, 1.82) is 0 Å². The Morgan fingerprint density at radius 2 is 1.15 bits per heavy atom. The van der Waals surface area contributed by atoms with Gasteiger partial charge in [0, 0.05) is 13.0 Å². The van der Waals surface area contributed by atoms with E-state index in [-0.39, 0.29) is 63.5 Å². The van der Waals surface area contributed by atoms with Crippen molar-refractivity contribution in [2.24, 2.45) is 39.6 Å². The number of rotatable bonds is 28. The van der Waals surface area contributed by atoms with E-state index >= 15 is 0 Å². The van der Waals surface area contributed by atoms with Gasteiger partial charge in [-0.15, -0.1) is 0 Å². The molecule has 0 unspecified atom stereocenters. The predicted octanol–water partition coefficient (Wildman–Crippen LogP) is -5.07. The van der Waals surface area contributed by atoms with Crippen molar-refractivity contribution in [2.75, 3.05) is 19.6 Å². The van der Waals surface area contributed by atoms with Crippen LogP contribution in [0.15, 0.2) is 4.99 Å². The smallest absolute Gasteiger partial charge is 0.322 e. The number of amides is 7. The number of primary amides is 1. The first-order chi connectivity index (χ1) is 25.7. The summed E-state index contributed by atoms with van der Waals surface area (Å²) in [4.78, 5) is 116. The largest absolute Gasteiger partial charge is 0.481 e. The van der Waals surface area contributed by atoms with Crippen molar-refractivity contribution in [1.82, 2.24) is 31.9 Å². The first-order valence-electron chi connectivity index (χ1n) is 17.7. The lowest BCUT2D eigenvalue weighted by Gasteiger charge is -2.26. The van der Waals surface area contributed by atoms with Crippen LogP contribution in [-0.4, -0.2) is 125 Å². The van der Waals surface area contributed by atoms with Gasteiger partial charge >= 0.3 is 11.9 Å². The van der Waals surface area contributed by atoms with E-state index in [1.807, 2.05) is 0 Å². The first kappa shape index (κ1) is 49.4. The molecule has 0 aromatic carbocycles. The second kappa shape index (κ2) is 26.2. The number of nitrogens with zero attached hydrogens (tertiary/aromatic N) is 1. The molecule has 7 amide bonds. The maximum atomic E-state index is 13.4. The second-order valence-electron chi connectivity index (χ2n) is 13.2. The van der Waals surface area contributed by atoms with Gasteiger partial charge in [-0.3, -0.25) is 48.1 Å². The molecule has 0 radical (unpaired) electrons. The molecule has 0 saturated carbocycles. The summed E-state index contributed by atoms with van der Waals surface area (Å²) < 4.78 is 0. The molecular formula is C32H58N12O11. The number of nitrogens with two attached hydrogens (primary N) is 5. The molecule has 0 rings (SSSR count). The lowest BCUT2D eigenvalue weighted by molar-refractivity contribution is -0.141. The highest BCUT2D eigenvalue weighted by molar-refractivity contribution is 5.97. The van der Waals surface area contributed by atoms with Crippen molar-refractivity contribution in [3.63, 3.8) is 0 Å². The molecule has 0 aliphatic carbocycles. The predicted molar refractivity (Wildman–Crippen MR) is 197 cm³/mol. The van der Waals surface area contributed by atoms with E-state index in [0.717, 1.165) is 0 Å². The van der Waals surface area contributed by atoms with Crippen LogP contribution in [0.4, 0.5) is 0 Å². The summed E-state index contributed by atoms with van der Waals surface area (Å²) in [5, 5.41) is 32.7. The normalized spacial score (nSPS) is 14.1. The van der Waals surface area contributed by atoms with Crippen LogP contribution in [0.5, 0.6) is 0 Å². The van der Waals surface area contributed by atoms with Crippen molar-refractivity contribution in [3.8, 4) is 0 Å². The molecule has 0 bridgehead atoms. The van der Waals surface area contributed by atoms with Crippen LogP contribution in [0.2, 0.25) is 0 Å². The SMILES string of the molecule is CC(C)C[C@H](NC(=O)[C@H](C)NC(=O)[C@H](CC(=O)O)NC(=O)[C@H](CCCCN)NC(=O)[C@@H](N)CCC(N)=O)C(=O)N[C@@H](CCCN=C(N)N)C(=O)NCC(=O)O. The van der Waals surface area contributed by atoms with Crippen molar-refractivity contribution < 1.29 is 53.4 Å². The van der Waals surface area contributed by atoms with Crippen molar-refractivity contribution in [3.05, 3.63) is 0 Å². The van der Waals surface area contributed by atoms with Gasteiger partial charge in [-0.25, -0.2) is 0 Å². The third-order valence-corrected chi connectivity index (χ3v) is 7.71. The number of carbonyl (C=O) groups excluding carboxylic acids is 7. The van der Waals surface area contributed by atoms with E-state index in [1.165, 1.54) is 6.92 Å². The Bertz CT molecular complexity index is 1370. The van der Waals surface area contributed by atoms with Gasteiger partial charge in [-0.2, -0.15) is 0 Å². The molecule has 23 nitrogen and oxygen atoms in total. The van der Waals surface area contributed by atoms with Crippen molar-refractivity contribution in [2.45, 2.75) is 115 Å². The molecule has 0 fully saturated rings. The van der Waals surface area contributed by atoms with Crippen LogP contribution in [0.3, 0.4) is 0 Å². The summed E-state index contributed by atoms with van der Waals surface area (Å²) in [7, 11) is 0. The maximum Gasteiger partial charge on any atom is 0.322 e. The number of aliphatic carboxylic acids is 2. The third-order valence-electron chi connectivity index (χ3n) is 7.71. The number of nitrogens with one attached hydrogen (secondary N) is 6. The minimum Gasteiger partial charge on any atom is -0.481 e. The van der Waals surface area contributed by atoms with E-state index in [9.17, 15) is 48.3 Å². The fourth-order valence-corrected chi connectivity index (χ4v) is 4.84. The number of aliphatic imine (C=N–C) groups is 1. The number of hydrogen-bond acceptors (Lipinski definition) is 12. The van der Waals surface area contributed by atoms with Crippen LogP contribution in [0.1, 0.15) is 78.6 Å². The zero-order valence-electron chi connectivity index (χ0n) is 31.4. The molecule has 0 aliphatic rings. The van der Waals surface area contributed by atoms with Crippen LogP contribution in [0.25, 0.3) is 0 Å². The standard InChI is InChI=1S/C32H58N12O11/c1-16(2)13-21(31(55)42-19(8-6-12-38-32(36)37)28(52)39-15-25(48)49)43-26(50)17(3)40-30(54)22(14-24(46)47)44-29(53)20(7-4-5-11-33)41-27(51)18(34)9-10-23(35)45/h16-22H,4-15,33-34H2,1-3H3,(H2,35,45)(H,39,52)(H,40,54)(H,41,51)(H,42,55)(H,43,50)(H,44,53)(H,46,47)(H,48,49)(H4,36,37,38)/t17-,18-,19-,20-,21-,22-/m0/s1. The monoisotopic (exact) mass is 786 g/mol. The highest BCUT2D eigenvalue weighted by Gasteiger charge is 2.33. The molecule has 0 heterocycles. The van der Waals surface area contributed by atoms with E-state index in [1.54, 1.807) is 13.8 Å². The average Bonchev–Trinajstić information content (AvgIpc) is 3.08. The third kappa shape index (κ3) is 22.3. The zero-order chi connectivity index (χ0) is 42.2. The summed E-state index contributed by atoms with van der Waals surface area (Å²) >= 11 is 0. The molecule has 0 aromatic rings. The number of guanidine groups is 1. The Morgan fingerprint density at radius 3 is 1.69 bits per heavy atom. The van der Waals surface area contributed by atoms with Crippen LogP contribution in [-0.2, 0) is 43.2 Å². The van der Waals surface area contributed by atoms with Gasteiger partial charge < -0.3 is 70.8 Å². The summed E-state index contributed by atoms with van der Waals surface area (Å²) in [5.74, 6) is -9.16. The van der Waals surface area contributed by atoms with Crippen LogP contribution >= 0.6 is 0 Å². The molecule has 312 valence electrons. The molecule has 55 heavy (non-hydrogen) atoms. The Kier molecular flexibility index (Phi) is 23.6. The van der Waals surface area contributed by atoms with Gasteiger partial charge in [-0.1, -0.05) is 13.8 Å². The number of unbranched alkanes of at least 4 members (excludes halogenated alkanes) is 1. The fraction of sp³-hybridized carbons (Fsp3) is 0.688. The summed E-state index contributed by atoms with van der Waals surface area (Å²) in [6.07, 6.45) is -0.0752. The fourth-order valence-electron chi connectivity index (χ4n) is 4.84. The molecule has 0 aromatic heterocycles.